The average molecular weight is 362 g/mol. The van der Waals surface area contributed by atoms with Crippen molar-refractivity contribution >= 4 is 5.90 Å². The van der Waals surface area contributed by atoms with Crippen molar-refractivity contribution in [1.29, 1.82) is 21.2 Å². The summed E-state index contributed by atoms with van der Waals surface area (Å²) in [5.41, 5.74) is -2.95. The zero-order valence-corrected chi connectivity index (χ0v) is 14.9. The van der Waals surface area contributed by atoms with E-state index in [-0.39, 0.29) is 5.90 Å². The lowest BCUT2D eigenvalue weighted by molar-refractivity contribution is -0.294. The summed E-state index contributed by atoms with van der Waals surface area (Å²) in [4.78, 5) is 0. The maximum absolute atomic E-state index is 10.2. The van der Waals surface area contributed by atoms with Gasteiger partial charge in [0.25, 0.3) is 0 Å². The van der Waals surface area contributed by atoms with E-state index in [1.54, 1.807) is 31.4 Å². The molecule has 0 unspecified atom stereocenters. The first-order chi connectivity index (χ1) is 13.0. The zero-order valence-electron chi connectivity index (χ0n) is 14.9. The van der Waals surface area contributed by atoms with Crippen LogP contribution in [0.1, 0.15) is 37.4 Å². The van der Waals surface area contributed by atoms with Gasteiger partial charge in [-0.1, -0.05) is 18.6 Å². The van der Waals surface area contributed by atoms with Gasteiger partial charge in [-0.2, -0.15) is 15.8 Å². The van der Waals surface area contributed by atoms with Crippen LogP contribution in [0.5, 0.6) is 5.75 Å². The molecule has 7 heteroatoms. The molecule has 3 aliphatic rings. The molecule has 2 saturated heterocycles. The lowest BCUT2D eigenvalue weighted by atomic mass is 9.51. The number of rotatable bonds is 2. The molecule has 1 N–H and O–H groups in total. The standard InChI is InChI=1S/C20H18N4O3/c1-25-14-7-5-13(6-8-14)16-18(10-21,11-22)19(12-23)15-4-2-3-9-20(15,26-16)27-17(19)24/h5-8,15-16,24H,2-4,9H2,1H3/t15-,16-,19-,20+/m0/s1. The van der Waals surface area contributed by atoms with Gasteiger partial charge < -0.3 is 14.2 Å². The second-order valence-corrected chi connectivity index (χ2v) is 7.26. The molecule has 2 heterocycles. The molecule has 1 aromatic carbocycles. The van der Waals surface area contributed by atoms with Gasteiger partial charge in [0.05, 0.1) is 31.2 Å². The Labute approximate surface area is 157 Å². The van der Waals surface area contributed by atoms with E-state index in [1.807, 2.05) is 0 Å². The molecule has 2 aliphatic heterocycles. The normalized spacial score (nSPS) is 35.7. The molecule has 136 valence electrons. The highest BCUT2D eigenvalue weighted by atomic mass is 16.7. The van der Waals surface area contributed by atoms with E-state index in [0.29, 0.717) is 24.2 Å². The summed E-state index contributed by atoms with van der Waals surface area (Å²) in [6.07, 6.45) is 1.79. The average Bonchev–Trinajstić information content (AvgIpc) is 2.92. The predicted molar refractivity (Wildman–Crippen MR) is 92.0 cm³/mol. The first kappa shape index (κ1) is 17.3. The number of nitriles is 3. The Kier molecular flexibility index (Phi) is 3.67. The minimum absolute atomic E-state index is 0.323. The molecule has 0 radical (unpaired) electrons. The molecule has 4 rings (SSSR count). The van der Waals surface area contributed by atoms with Gasteiger partial charge in [0.15, 0.2) is 5.41 Å². The van der Waals surface area contributed by atoms with Gasteiger partial charge >= 0.3 is 0 Å². The fraction of sp³-hybridized carbons (Fsp3) is 0.500. The van der Waals surface area contributed by atoms with Crippen LogP contribution in [0.3, 0.4) is 0 Å². The van der Waals surface area contributed by atoms with Crippen molar-refractivity contribution in [2.45, 2.75) is 37.6 Å². The maximum atomic E-state index is 10.2. The molecule has 3 fully saturated rings. The number of ether oxygens (including phenoxy) is 3. The minimum atomic E-state index is -1.88. The highest BCUT2D eigenvalue weighted by molar-refractivity contribution is 5.89. The second-order valence-electron chi connectivity index (χ2n) is 7.26. The highest BCUT2D eigenvalue weighted by Crippen LogP contribution is 2.69. The van der Waals surface area contributed by atoms with Gasteiger partial charge in [0, 0.05) is 6.42 Å². The molecular formula is C20H18N4O3. The number of benzene rings is 1. The van der Waals surface area contributed by atoms with Gasteiger partial charge in [0.1, 0.15) is 11.9 Å². The van der Waals surface area contributed by atoms with Crippen LogP contribution in [-0.4, -0.2) is 18.8 Å². The summed E-state index contributed by atoms with van der Waals surface area (Å²) in [6, 6.07) is 13.2. The SMILES string of the molecule is COc1ccc([C@@H]2O[C@@]34CCCC[C@H]3[C@@](C#N)(C(=N)O4)C2(C#N)C#N)cc1. The third-order valence-electron chi connectivity index (χ3n) is 6.23. The lowest BCUT2D eigenvalue weighted by Gasteiger charge is -2.51. The van der Waals surface area contributed by atoms with E-state index in [0.717, 1.165) is 12.8 Å². The molecule has 4 atom stereocenters. The van der Waals surface area contributed by atoms with E-state index >= 15 is 0 Å². The van der Waals surface area contributed by atoms with Crippen LogP contribution in [0.4, 0.5) is 0 Å². The monoisotopic (exact) mass is 362 g/mol. The zero-order chi connectivity index (χ0) is 19.3. The summed E-state index contributed by atoms with van der Waals surface area (Å²) >= 11 is 0. The van der Waals surface area contributed by atoms with Crippen LogP contribution in [0.25, 0.3) is 0 Å². The Balaban J connectivity index is 1.95. The maximum Gasteiger partial charge on any atom is 0.217 e. The third kappa shape index (κ3) is 1.89. The Morgan fingerprint density at radius 1 is 1.11 bits per heavy atom. The number of hydrogen-bond donors (Lipinski definition) is 1. The molecule has 7 nitrogen and oxygen atoms in total. The topological polar surface area (TPSA) is 123 Å². The molecule has 0 amide bonds. The second kappa shape index (κ2) is 5.71. The Morgan fingerprint density at radius 3 is 2.41 bits per heavy atom. The number of methoxy groups -OCH3 is 1. The number of hydrogen-bond acceptors (Lipinski definition) is 7. The number of nitrogens with zero attached hydrogens (tertiary/aromatic N) is 3. The lowest BCUT2D eigenvalue weighted by Crippen LogP contribution is -2.60. The van der Waals surface area contributed by atoms with Crippen molar-refractivity contribution in [2.75, 3.05) is 7.11 Å². The predicted octanol–water partition coefficient (Wildman–Crippen LogP) is 3.20. The Morgan fingerprint density at radius 2 is 1.81 bits per heavy atom. The van der Waals surface area contributed by atoms with Gasteiger partial charge in [-0.3, -0.25) is 5.41 Å². The van der Waals surface area contributed by atoms with Crippen molar-refractivity contribution in [2.24, 2.45) is 16.7 Å². The fourth-order valence-electron chi connectivity index (χ4n) is 4.94. The molecule has 1 aromatic rings. The minimum Gasteiger partial charge on any atom is -0.497 e. The molecule has 1 saturated carbocycles. The van der Waals surface area contributed by atoms with E-state index in [4.69, 9.17) is 19.6 Å². The fourth-order valence-corrected chi connectivity index (χ4v) is 4.94. The van der Waals surface area contributed by atoms with Crippen LogP contribution < -0.4 is 4.74 Å². The smallest absolute Gasteiger partial charge is 0.217 e. The first-order valence-electron chi connectivity index (χ1n) is 8.87. The van der Waals surface area contributed by atoms with E-state index in [9.17, 15) is 15.8 Å². The van der Waals surface area contributed by atoms with Gasteiger partial charge in [0.2, 0.25) is 17.1 Å². The van der Waals surface area contributed by atoms with Crippen molar-refractivity contribution in [1.82, 2.24) is 0 Å². The summed E-state index contributed by atoms with van der Waals surface area (Å²) < 4.78 is 17.3. The van der Waals surface area contributed by atoms with Crippen molar-refractivity contribution in [3.63, 3.8) is 0 Å². The molecule has 0 spiro atoms. The van der Waals surface area contributed by atoms with Crippen LogP contribution in [0.2, 0.25) is 0 Å². The Hall–Kier alpha value is -3.08. The summed E-state index contributed by atoms with van der Waals surface area (Å²) in [7, 11) is 1.55. The molecule has 0 aromatic heterocycles. The van der Waals surface area contributed by atoms with E-state index in [1.165, 1.54) is 0 Å². The first-order valence-corrected chi connectivity index (χ1v) is 8.87. The molecule has 27 heavy (non-hydrogen) atoms. The van der Waals surface area contributed by atoms with Crippen molar-refractivity contribution in [3.05, 3.63) is 29.8 Å². The molecular weight excluding hydrogens is 344 g/mol. The molecule has 2 bridgehead atoms. The number of nitrogens with one attached hydrogen (secondary N) is 1. The van der Waals surface area contributed by atoms with Crippen LogP contribution in [0.15, 0.2) is 24.3 Å². The highest BCUT2D eigenvalue weighted by Gasteiger charge is 2.80. The Bertz CT molecular complexity index is 909. The van der Waals surface area contributed by atoms with Crippen LogP contribution >= 0.6 is 0 Å². The third-order valence-corrected chi connectivity index (χ3v) is 6.23. The van der Waals surface area contributed by atoms with Crippen LogP contribution in [-0.2, 0) is 9.47 Å². The van der Waals surface area contributed by atoms with Crippen molar-refractivity contribution in [3.8, 4) is 24.0 Å². The summed E-state index contributed by atoms with van der Waals surface area (Å²) in [6.45, 7) is 0. The quantitative estimate of drug-likeness (QED) is 0.861. The summed E-state index contributed by atoms with van der Waals surface area (Å²) in [5.74, 6) is -1.34. The molecule has 1 aliphatic carbocycles. The van der Waals surface area contributed by atoms with E-state index in [2.05, 4.69) is 18.2 Å². The van der Waals surface area contributed by atoms with E-state index < -0.39 is 28.6 Å². The summed E-state index contributed by atoms with van der Waals surface area (Å²) in [5, 5.41) is 38.8. The van der Waals surface area contributed by atoms with Gasteiger partial charge in [-0.15, -0.1) is 0 Å². The largest absolute Gasteiger partial charge is 0.497 e. The van der Waals surface area contributed by atoms with Crippen molar-refractivity contribution < 1.29 is 14.2 Å². The van der Waals surface area contributed by atoms with Gasteiger partial charge in [-0.05, 0) is 30.5 Å². The van der Waals surface area contributed by atoms with Crippen LogP contribution in [0, 0.1) is 56.2 Å². The van der Waals surface area contributed by atoms with Gasteiger partial charge in [-0.25, -0.2) is 0 Å².